The van der Waals surface area contributed by atoms with Gasteiger partial charge in [-0.05, 0) is 44.9 Å². The number of nitrogens with one attached hydrogen (secondary N) is 8. The van der Waals surface area contributed by atoms with Crippen molar-refractivity contribution < 1.29 is 73.5 Å². The van der Waals surface area contributed by atoms with Crippen molar-refractivity contribution in [3.05, 3.63) is 18.2 Å². The average Bonchev–Trinajstić information content (AvgIpc) is 3.72. The Morgan fingerprint density at radius 1 is 0.651 bits per heavy atom. The van der Waals surface area contributed by atoms with Crippen LogP contribution in [0.5, 0.6) is 0 Å². The van der Waals surface area contributed by atoms with Crippen LogP contribution in [0, 0.1) is 11.8 Å². The number of aliphatic hydroxyl groups is 2. The van der Waals surface area contributed by atoms with E-state index in [1.807, 2.05) is 12.2 Å². The normalized spacial score (nSPS) is 15.9. The molecular formula is C38H62N10O15. The summed E-state index contributed by atoms with van der Waals surface area (Å²) in [6.07, 6.45) is -1.07. The molecule has 1 aromatic heterocycles. The number of aromatic nitrogens is 2. The molecule has 10 atom stereocenters. The van der Waals surface area contributed by atoms with Crippen LogP contribution >= 0.6 is 0 Å². The summed E-state index contributed by atoms with van der Waals surface area (Å²) in [6.45, 7) is 8.33. The maximum atomic E-state index is 13.8. The van der Waals surface area contributed by atoms with Gasteiger partial charge < -0.3 is 73.5 Å². The van der Waals surface area contributed by atoms with Crippen molar-refractivity contribution in [2.45, 2.75) is 141 Å². The molecule has 25 heteroatoms. The lowest BCUT2D eigenvalue weighted by atomic mass is 9.99. The highest BCUT2D eigenvalue weighted by Crippen LogP contribution is 2.10. The van der Waals surface area contributed by atoms with E-state index in [9.17, 15) is 68.4 Å². The largest absolute Gasteiger partial charge is 0.481 e. The highest BCUT2D eigenvalue weighted by Gasteiger charge is 2.35. The smallest absolute Gasteiger partial charge is 0.328 e. The quantitative estimate of drug-likeness (QED) is 0.0364. The molecule has 0 bridgehead atoms. The Bertz CT molecular complexity index is 1740. The number of hydrogen-bond donors (Lipinski definition) is 14. The van der Waals surface area contributed by atoms with Gasteiger partial charge in [0.2, 0.25) is 41.4 Å². The summed E-state index contributed by atoms with van der Waals surface area (Å²) in [7, 11) is 0. The number of carbonyl (C=O) groups is 10. The Morgan fingerprint density at radius 2 is 1.11 bits per heavy atom. The van der Waals surface area contributed by atoms with Gasteiger partial charge >= 0.3 is 17.9 Å². The van der Waals surface area contributed by atoms with E-state index in [1.54, 1.807) is 20.8 Å². The molecule has 0 unspecified atom stereocenters. The van der Waals surface area contributed by atoms with Gasteiger partial charge in [-0.15, -0.1) is 0 Å². The van der Waals surface area contributed by atoms with Crippen LogP contribution in [0.2, 0.25) is 0 Å². The Hall–Kier alpha value is -6.21. The minimum absolute atomic E-state index is 0.0468. The van der Waals surface area contributed by atoms with Gasteiger partial charge in [-0.1, -0.05) is 34.1 Å². The number of nitrogens with zero attached hydrogens (tertiary/aromatic N) is 1. The molecular weight excluding hydrogens is 836 g/mol. The van der Waals surface area contributed by atoms with Crippen molar-refractivity contribution in [2.75, 3.05) is 6.61 Å². The van der Waals surface area contributed by atoms with Crippen LogP contribution in [0.3, 0.4) is 0 Å². The number of aliphatic hydroxyl groups excluding tert-OH is 2. The fourth-order valence-electron chi connectivity index (χ4n) is 5.71. The Labute approximate surface area is 362 Å². The summed E-state index contributed by atoms with van der Waals surface area (Å²) < 4.78 is 0. The number of carboxylic acids is 3. The lowest BCUT2D eigenvalue weighted by molar-refractivity contribution is -0.145. The van der Waals surface area contributed by atoms with E-state index in [0.29, 0.717) is 12.1 Å². The van der Waals surface area contributed by atoms with Crippen LogP contribution in [0.4, 0.5) is 0 Å². The van der Waals surface area contributed by atoms with Crippen molar-refractivity contribution in [2.24, 2.45) is 17.6 Å². The monoisotopic (exact) mass is 898 g/mol. The Morgan fingerprint density at radius 3 is 1.56 bits per heavy atom. The van der Waals surface area contributed by atoms with Gasteiger partial charge in [0.15, 0.2) is 6.04 Å². The second kappa shape index (κ2) is 27.0. The number of amides is 7. The number of carboxylic acid groups (broad SMARTS) is 3. The first kappa shape index (κ1) is 54.8. The summed E-state index contributed by atoms with van der Waals surface area (Å²) in [6, 6.07) is -12.1. The van der Waals surface area contributed by atoms with E-state index in [-0.39, 0.29) is 24.7 Å². The Balaban J connectivity index is 3.34. The molecule has 7 amide bonds. The molecule has 354 valence electrons. The standard InChI is InChI=1S/C38H62N10O15/c1-7-18(4)29(39)37(61)42-19(5)31(55)45-25(13-21-14-40-16-41-21)35(59)46-24(12-17(2)3)34(58)43-22(8-10-27(51)52)32(56)47-26(15-49)36(60)44-23(9-11-28(53)54)33(57)48-30(20(6)50)38(62)63/h14,16-20,22-26,29-30,49-50H,7-13,15,39H2,1-6H3,(H,40,41)(H,42,61)(H,43,58)(H,44,60)(H,45,55)(H,46,59)(H,47,56)(H,48,57)(H,51,52)(H,53,54)(H,62,63)/t18-,19-,20+,22-,23-,24-,25-,26-,29-,30-/m0/s1. The molecule has 0 fully saturated rings. The zero-order chi connectivity index (χ0) is 48.1. The SMILES string of the molecule is CC[C@H](C)[C@H](N)C(=O)N[C@@H](C)C(=O)N[C@@H](Cc1cnc[nH]1)C(=O)N[C@@H](CC(C)C)C(=O)N[C@@H](CCC(=O)O)C(=O)N[C@@H](CO)C(=O)N[C@@H](CCC(=O)O)C(=O)N[C@H](C(=O)O)[C@@H](C)O. The molecule has 1 aromatic rings. The number of hydrogen-bond acceptors (Lipinski definition) is 14. The molecule has 1 heterocycles. The molecule has 25 nitrogen and oxygen atoms in total. The molecule has 63 heavy (non-hydrogen) atoms. The third kappa shape index (κ3) is 19.6. The first-order chi connectivity index (χ1) is 29.4. The summed E-state index contributed by atoms with van der Waals surface area (Å²) in [4.78, 5) is 134. The van der Waals surface area contributed by atoms with Crippen LogP contribution in [-0.2, 0) is 54.4 Å². The van der Waals surface area contributed by atoms with Crippen molar-refractivity contribution in [1.29, 1.82) is 0 Å². The molecule has 1 rings (SSSR count). The molecule has 0 aliphatic heterocycles. The van der Waals surface area contributed by atoms with Gasteiger partial charge in [0.25, 0.3) is 0 Å². The van der Waals surface area contributed by atoms with E-state index < -0.39 is 146 Å². The molecule has 0 saturated carbocycles. The first-order valence-corrected chi connectivity index (χ1v) is 20.2. The first-order valence-electron chi connectivity index (χ1n) is 20.2. The number of H-pyrrole nitrogens is 1. The summed E-state index contributed by atoms with van der Waals surface area (Å²) >= 11 is 0. The molecule has 0 radical (unpaired) electrons. The van der Waals surface area contributed by atoms with Crippen molar-refractivity contribution >= 4 is 59.3 Å². The lowest BCUT2D eigenvalue weighted by Crippen LogP contribution is -2.61. The van der Waals surface area contributed by atoms with Gasteiger partial charge in [-0.3, -0.25) is 43.2 Å². The lowest BCUT2D eigenvalue weighted by Gasteiger charge is -2.28. The second-order valence-corrected chi connectivity index (χ2v) is 15.5. The predicted molar refractivity (Wildman–Crippen MR) is 219 cm³/mol. The van der Waals surface area contributed by atoms with E-state index >= 15 is 0 Å². The molecule has 0 aliphatic carbocycles. The van der Waals surface area contributed by atoms with Gasteiger partial charge in [0.05, 0.1) is 25.1 Å². The number of nitrogens with two attached hydrogens (primary N) is 1. The molecule has 0 spiro atoms. The van der Waals surface area contributed by atoms with Gasteiger partial charge in [0, 0.05) is 31.2 Å². The highest BCUT2D eigenvalue weighted by molar-refractivity contribution is 5.98. The van der Waals surface area contributed by atoms with Gasteiger partial charge in [0.1, 0.15) is 36.3 Å². The topological polar surface area (TPSA) is 411 Å². The third-order valence-corrected chi connectivity index (χ3v) is 9.69. The predicted octanol–water partition coefficient (Wildman–Crippen LogP) is -4.03. The number of rotatable bonds is 29. The van der Waals surface area contributed by atoms with Crippen molar-refractivity contribution in [1.82, 2.24) is 47.2 Å². The van der Waals surface area contributed by atoms with Crippen LogP contribution in [0.25, 0.3) is 0 Å². The zero-order valence-electron chi connectivity index (χ0n) is 36.0. The fraction of sp³-hybridized carbons (Fsp3) is 0.658. The minimum Gasteiger partial charge on any atom is -0.481 e. The van der Waals surface area contributed by atoms with E-state index in [1.165, 1.54) is 19.4 Å². The number of imidazole rings is 1. The summed E-state index contributed by atoms with van der Waals surface area (Å²) in [5, 5.41) is 63.9. The van der Waals surface area contributed by atoms with E-state index in [0.717, 1.165) is 6.92 Å². The minimum atomic E-state index is -1.90. The molecule has 0 saturated heterocycles. The molecule has 15 N–H and O–H groups in total. The summed E-state index contributed by atoms with van der Waals surface area (Å²) in [5.41, 5.74) is 6.40. The second-order valence-electron chi connectivity index (χ2n) is 15.5. The van der Waals surface area contributed by atoms with Crippen molar-refractivity contribution in [3.8, 4) is 0 Å². The number of carbonyl (C=O) groups excluding carboxylic acids is 7. The maximum absolute atomic E-state index is 13.8. The van der Waals surface area contributed by atoms with Crippen LogP contribution in [-0.4, -0.2) is 156 Å². The van der Waals surface area contributed by atoms with Crippen LogP contribution < -0.4 is 43.0 Å². The maximum Gasteiger partial charge on any atom is 0.328 e. The summed E-state index contributed by atoms with van der Waals surface area (Å²) in [5.74, 6) is -11.8. The van der Waals surface area contributed by atoms with Crippen LogP contribution in [0.15, 0.2) is 12.5 Å². The molecule has 0 aromatic carbocycles. The number of aromatic amines is 1. The molecule has 0 aliphatic rings. The Kier molecular flexibility index (Phi) is 23.5. The van der Waals surface area contributed by atoms with E-state index in [4.69, 9.17) is 10.8 Å². The van der Waals surface area contributed by atoms with Crippen molar-refractivity contribution in [3.63, 3.8) is 0 Å². The average molecular weight is 899 g/mol. The fourth-order valence-corrected chi connectivity index (χ4v) is 5.71. The van der Waals surface area contributed by atoms with Crippen LogP contribution in [0.1, 0.15) is 85.8 Å². The zero-order valence-corrected chi connectivity index (χ0v) is 36.0. The third-order valence-electron chi connectivity index (χ3n) is 9.69. The van der Waals surface area contributed by atoms with Gasteiger partial charge in [-0.2, -0.15) is 0 Å². The van der Waals surface area contributed by atoms with E-state index in [2.05, 4.69) is 41.9 Å². The highest BCUT2D eigenvalue weighted by atomic mass is 16.4. The number of aliphatic carboxylic acids is 3. The van der Waals surface area contributed by atoms with Gasteiger partial charge in [-0.25, -0.2) is 9.78 Å².